The van der Waals surface area contributed by atoms with E-state index in [0.29, 0.717) is 22.3 Å². The molecule has 26 heavy (non-hydrogen) atoms. The van der Waals surface area contributed by atoms with Gasteiger partial charge in [-0.2, -0.15) is 8.42 Å². The lowest BCUT2D eigenvalue weighted by Gasteiger charge is -2.11. The van der Waals surface area contributed by atoms with Gasteiger partial charge in [-0.3, -0.25) is 9.35 Å². The number of nitrogen functional groups attached to an aromatic ring is 1. The van der Waals surface area contributed by atoms with Crippen molar-refractivity contribution in [2.75, 3.05) is 11.1 Å². The van der Waals surface area contributed by atoms with E-state index in [9.17, 15) is 18.3 Å². The Kier molecular flexibility index (Phi) is 4.31. The monoisotopic (exact) mass is 372 g/mol. The molecule has 0 aliphatic heterocycles. The molecule has 1 amide bonds. The van der Waals surface area contributed by atoms with Gasteiger partial charge in [-0.1, -0.05) is 6.07 Å². The number of anilines is 2. The maximum atomic E-state index is 12.5. The first-order chi connectivity index (χ1) is 12.2. The largest absolute Gasteiger partial charge is 0.507 e. The molecule has 0 unspecified atom stereocenters. The molecule has 5 N–H and O–H groups in total. The van der Waals surface area contributed by atoms with Gasteiger partial charge in [-0.25, -0.2) is 0 Å². The second-order valence-corrected chi connectivity index (χ2v) is 7.26. The Labute approximate surface area is 149 Å². The number of aromatic hydroxyl groups is 1. The van der Waals surface area contributed by atoms with Crippen molar-refractivity contribution in [3.8, 4) is 5.75 Å². The van der Waals surface area contributed by atoms with Crippen molar-refractivity contribution in [2.45, 2.75) is 11.8 Å². The Morgan fingerprint density at radius 2 is 1.77 bits per heavy atom. The normalized spacial score (nSPS) is 11.5. The van der Waals surface area contributed by atoms with Gasteiger partial charge in [0.1, 0.15) is 5.75 Å². The van der Waals surface area contributed by atoms with Gasteiger partial charge < -0.3 is 16.2 Å². The second kappa shape index (κ2) is 6.32. The van der Waals surface area contributed by atoms with Crippen molar-refractivity contribution in [2.24, 2.45) is 0 Å². The summed E-state index contributed by atoms with van der Waals surface area (Å²) in [5.74, 6) is -0.550. The molecule has 3 rings (SSSR count). The number of rotatable bonds is 3. The summed E-state index contributed by atoms with van der Waals surface area (Å²) in [4.78, 5) is 12.1. The minimum absolute atomic E-state index is 0.174. The molecule has 0 aliphatic rings. The molecule has 0 saturated carbocycles. The zero-order chi connectivity index (χ0) is 19.1. The van der Waals surface area contributed by atoms with Crippen LogP contribution >= 0.6 is 0 Å². The van der Waals surface area contributed by atoms with E-state index in [4.69, 9.17) is 10.3 Å². The smallest absolute Gasteiger partial charge is 0.294 e. The summed E-state index contributed by atoms with van der Waals surface area (Å²) in [5, 5.41) is 13.3. The molecule has 134 valence electrons. The number of amides is 1. The van der Waals surface area contributed by atoms with E-state index in [2.05, 4.69) is 5.32 Å². The van der Waals surface area contributed by atoms with Gasteiger partial charge in [0, 0.05) is 27.7 Å². The highest BCUT2D eigenvalue weighted by Crippen LogP contribution is 2.33. The van der Waals surface area contributed by atoms with Crippen molar-refractivity contribution in [3.63, 3.8) is 0 Å². The molecule has 7 nitrogen and oxygen atoms in total. The minimum atomic E-state index is -4.41. The average Bonchev–Trinajstić information content (AvgIpc) is 2.58. The van der Waals surface area contributed by atoms with Gasteiger partial charge in [0.05, 0.1) is 4.90 Å². The van der Waals surface area contributed by atoms with E-state index in [1.807, 2.05) is 0 Å². The summed E-state index contributed by atoms with van der Waals surface area (Å²) in [6.07, 6.45) is 0. The van der Waals surface area contributed by atoms with Crippen LogP contribution in [-0.4, -0.2) is 24.0 Å². The van der Waals surface area contributed by atoms with Crippen LogP contribution in [0.25, 0.3) is 10.8 Å². The van der Waals surface area contributed by atoms with E-state index in [0.717, 1.165) is 11.6 Å². The summed E-state index contributed by atoms with van der Waals surface area (Å²) in [7, 11) is -4.41. The van der Waals surface area contributed by atoms with Crippen molar-refractivity contribution < 1.29 is 22.9 Å². The number of phenolic OH excluding ortho intramolecular Hbond substituents is 1. The topological polar surface area (TPSA) is 130 Å². The molecule has 3 aromatic rings. The molecule has 0 spiro atoms. The predicted molar refractivity (Wildman–Crippen MR) is 99.0 cm³/mol. The lowest BCUT2D eigenvalue weighted by atomic mass is 10.1. The molecule has 0 saturated heterocycles. The summed E-state index contributed by atoms with van der Waals surface area (Å²) >= 11 is 0. The quantitative estimate of drug-likeness (QED) is 0.318. The van der Waals surface area contributed by atoms with Crippen molar-refractivity contribution >= 4 is 38.2 Å². The van der Waals surface area contributed by atoms with Crippen LogP contribution in [0, 0.1) is 6.92 Å². The van der Waals surface area contributed by atoms with Crippen molar-refractivity contribution in [1.82, 2.24) is 0 Å². The number of nitrogens with one attached hydrogen (secondary N) is 1. The maximum Gasteiger partial charge on any atom is 0.294 e. The Balaban J connectivity index is 2.04. The van der Waals surface area contributed by atoms with E-state index in [1.54, 1.807) is 25.1 Å². The maximum absolute atomic E-state index is 12.5. The minimum Gasteiger partial charge on any atom is -0.507 e. The Morgan fingerprint density at radius 1 is 1.04 bits per heavy atom. The zero-order valence-electron chi connectivity index (χ0n) is 13.7. The third-order valence-electron chi connectivity index (χ3n) is 4.04. The first kappa shape index (κ1) is 17.7. The first-order valence-electron chi connectivity index (χ1n) is 7.57. The molecule has 0 bridgehead atoms. The highest BCUT2D eigenvalue weighted by Gasteiger charge is 2.15. The lowest BCUT2D eigenvalue weighted by Crippen LogP contribution is -2.12. The molecule has 0 aromatic heterocycles. The third-order valence-corrected chi connectivity index (χ3v) is 4.89. The van der Waals surface area contributed by atoms with Gasteiger partial charge in [0.2, 0.25) is 0 Å². The second-order valence-electron chi connectivity index (χ2n) is 5.84. The fourth-order valence-corrected chi connectivity index (χ4v) is 3.10. The summed E-state index contributed by atoms with van der Waals surface area (Å²) in [6.45, 7) is 1.79. The molecular formula is C18H16N2O5S. The molecule has 0 atom stereocenters. The van der Waals surface area contributed by atoms with Gasteiger partial charge in [-0.05, 0) is 55.0 Å². The fourth-order valence-electron chi connectivity index (χ4n) is 2.59. The predicted octanol–water partition coefficient (Wildman–Crippen LogP) is 2.94. The van der Waals surface area contributed by atoms with Crippen LogP contribution in [0.1, 0.15) is 15.9 Å². The van der Waals surface area contributed by atoms with E-state index in [-0.39, 0.29) is 21.9 Å². The Hall–Kier alpha value is -3.10. The van der Waals surface area contributed by atoms with Gasteiger partial charge in [0.15, 0.2) is 0 Å². The van der Waals surface area contributed by atoms with Gasteiger partial charge >= 0.3 is 0 Å². The molecule has 0 radical (unpaired) electrons. The number of phenols is 1. The molecule has 0 aliphatic carbocycles. The molecular weight excluding hydrogens is 356 g/mol. The van der Waals surface area contributed by atoms with Crippen LogP contribution in [-0.2, 0) is 10.1 Å². The molecule has 8 heteroatoms. The standard InChI is InChI=1S/C18H16N2O5S/c1-10-8-11(2-5-15(10)19)18(22)20-16-6-7-17(21)14-9-12(26(23,24)25)3-4-13(14)16/h2-9,21H,19H2,1H3,(H,20,22)(H,23,24,25). The highest BCUT2D eigenvalue weighted by molar-refractivity contribution is 7.85. The number of aryl methyl sites for hydroxylation is 1. The summed E-state index contributed by atoms with van der Waals surface area (Å²) in [5.41, 5.74) is 7.90. The van der Waals surface area contributed by atoms with Crippen molar-refractivity contribution in [3.05, 3.63) is 59.7 Å². The number of hydrogen-bond donors (Lipinski definition) is 4. The van der Waals surface area contributed by atoms with Crippen molar-refractivity contribution in [1.29, 1.82) is 0 Å². The van der Waals surface area contributed by atoms with Crippen LogP contribution in [0.5, 0.6) is 5.75 Å². The van der Waals surface area contributed by atoms with Crippen LogP contribution < -0.4 is 11.1 Å². The number of hydrogen-bond acceptors (Lipinski definition) is 5. The number of carbonyl (C=O) groups is 1. The van der Waals surface area contributed by atoms with E-state index in [1.165, 1.54) is 24.3 Å². The van der Waals surface area contributed by atoms with Crippen LogP contribution in [0.2, 0.25) is 0 Å². The van der Waals surface area contributed by atoms with Crippen LogP contribution in [0.4, 0.5) is 11.4 Å². The SMILES string of the molecule is Cc1cc(C(=O)Nc2ccc(O)c3cc(S(=O)(=O)O)ccc23)ccc1N. The average molecular weight is 372 g/mol. The fraction of sp³-hybridized carbons (Fsp3) is 0.0556. The van der Waals surface area contributed by atoms with Gasteiger partial charge in [0.25, 0.3) is 16.0 Å². The summed E-state index contributed by atoms with van der Waals surface area (Å²) < 4.78 is 31.7. The van der Waals surface area contributed by atoms with E-state index < -0.39 is 10.1 Å². The Morgan fingerprint density at radius 3 is 2.42 bits per heavy atom. The Bertz CT molecular complexity index is 1140. The lowest BCUT2D eigenvalue weighted by molar-refractivity contribution is 0.102. The number of carbonyl (C=O) groups excluding carboxylic acids is 1. The summed E-state index contributed by atoms with van der Waals surface area (Å²) in [6, 6.07) is 11.5. The number of benzene rings is 3. The third kappa shape index (κ3) is 3.32. The van der Waals surface area contributed by atoms with Gasteiger partial charge in [-0.15, -0.1) is 0 Å². The van der Waals surface area contributed by atoms with E-state index >= 15 is 0 Å². The zero-order valence-corrected chi connectivity index (χ0v) is 14.5. The first-order valence-corrected chi connectivity index (χ1v) is 9.01. The molecule has 0 fully saturated rings. The van der Waals surface area contributed by atoms with Crippen LogP contribution in [0.15, 0.2) is 53.4 Å². The molecule has 3 aromatic carbocycles. The number of fused-ring (bicyclic) bond motifs is 1. The molecule has 0 heterocycles. The van der Waals surface area contributed by atoms with Crippen LogP contribution in [0.3, 0.4) is 0 Å². The highest BCUT2D eigenvalue weighted by atomic mass is 32.2. The number of nitrogens with two attached hydrogens (primary N) is 1.